The molecule has 1 aromatic heterocycles. The number of nitrogens with zero attached hydrogens (tertiary/aromatic N) is 6. The minimum absolute atomic E-state index is 0.00748. The van der Waals surface area contributed by atoms with Crippen molar-refractivity contribution >= 4 is 75.3 Å². The van der Waals surface area contributed by atoms with Gasteiger partial charge in [0.25, 0.3) is 5.91 Å². The molecule has 4 heterocycles. The highest BCUT2D eigenvalue weighted by atomic mass is 35.5. The summed E-state index contributed by atoms with van der Waals surface area (Å²) in [4.78, 5) is 61.4. The van der Waals surface area contributed by atoms with E-state index in [1.165, 1.54) is 6.07 Å². The van der Waals surface area contributed by atoms with Crippen LogP contribution in [0.4, 0.5) is 40.3 Å². The molecule has 14 nitrogen and oxygen atoms in total. The molecule has 3 saturated heterocycles. The minimum atomic E-state index is -4.89. The van der Waals surface area contributed by atoms with Gasteiger partial charge in [0.05, 0.1) is 30.7 Å². The number of rotatable bonds is 13. The summed E-state index contributed by atoms with van der Waals surface area (Å²) < 4.78 is 61.5. The largest absolute Gasteiger partial charge is 0.492 e. The first-order valence-corrected chi connectivity index (χ1v) is 20.5. The summed E-state index contributed by atoms with van der Waals surface area (Å²) in [6.45, 7) is 4.22. The lowest BCUT2D eigenvalue weighted by molar-refractivity contribution is -0.138. The van der Waals surface area contributed by atoms with Crippen molar-refractivity contribution in [2.75, 3.05) is 66.4 Å². The molecule has 0 radical (unpaired) electrons. The molecule has 1 aliphatic carbocycles. The Hall–Kier alpha value is -5.42. The Balaban J connectivity index is 0.944. The van der Waals surface area contributed by atoms with E-state index in [4.69, 9.17) is 28.6 Å². The van der Waals surface area contributed by atoms with Crippen molar-refractivity contribution in [1.29, 1.82) is 5.26 Å². The lowest BCUT2D eigenvalue weighted by atomic mass is 9.75. The Labute approximate surface area is 359 Å². The molecule has 4 fully saturated rings. The van der Waals surface area contributed by atoms with E-state index >= 15 is 0 Å². The molecule has 0 bridgehead atoms. The van der Waals surface area contributed by atoms with Gasteiger partial charge in [-0.25, -0.2) is 4.98 Å². The number of hydrogen-bond acceptors (Lipinski definition) is 11. The van der Waals surface area contributed by atoms with Crippen molar-refractivity contribution in [2.24, 2.45) is 0 Å². The second-order valence-electron chi connectivity index (χ2n) is 15.5. The van der Waals surface area contributed by atoms with Crippen molar-refractivity contribution in [2.45, 2.75) is 69.2 Å². The minimum Gasteiger partial charge on any atom is -0.492 e. The standard InChI is InChI=1S/C41H42ClF4N9O5S/c1-24-22-52(11-12-53(24)23-36(57)50-28-17-26(42)16-27(18-28)49-32-4-6-35(56)51-37(32)58)13-14-60-34-5-3-29(15-25(34)7-10-43)55-39(61)54(38(59)40(55)8-2-9-40)30-19-31(41(44,45)46)33(20-47)48-21-30/h3,5,15-19,21,24,32,49H,2,4,6-14,22-23H2,1H3,(H,50,57)(H,51,56,58). The maximum absolute atomic E-state index is 13.9. The average molecular weight is 884 g/mol. The van der Waals surface area contributed by atoms with Gasteiger partial charge in [-0.05, 0) is 92.9 Å². The normalized spacial score (nSPS) is 20.7. The molecule has 7 rings (SSSR count). The number of nitriles is 1. The van der Waals surface area contributed by atoms with Gasteiger partial charge in [-0.1, -0.05) is 11.6 Å². The third-order valence-electron chi connectivity index (χ3n) is 11.4. The van der Waals surface area contributed by atoms with E-state index in [2.05, 4.69) is 30.7 Å². The van der Waals surface area contributed by atoms with Crippen LogP contribution in [-0.2, 0) is 31.8 Å². The van der Waals surface area contributed by atoms with Crippen LogP contribution in [0.1, 0.15) is 55.8 Å². The van der Waals surface area contributed by atoms with Crippen molar-refractivity contribution in [3.8, 4) is 11.8 Å². The molecular weight excluding hydrogens is 842 g/mol. The maximum atomic E-state index is 13.9. The number of anilines is 4. The molecule has 3 aromatic rings. The number of benzene rings is 2. The predicted molar refractivity (Wildman–Crippen MR) is 222 cm³/mol. The van der Waals surface area contributed by atoms with Gasteiger partial charge < -0.3 is 20.3 Å². The van der Waals surface area contributed by atoms with Crippen LogP contribution < -0.4 is 30.5 Å². The fraction of sp³-hybridized carbons (Fsp3) is 0.439. The lowest BCUT2D eigenvalue weighted by Crippen LogP contribution is -2.55. The molecule has 2 aromatic carbocycles. The summed E-state index contributed by atoms with van der Waals surface area (Å²) >= 11 is 12.0. The number of piperazine rings is 1. The van der Waals surface area contributed by atoms with Gasteiger partial charge in [0, 0.05) is 67.1 Å². The third-order valence-corrected chi connectivity index (χ3v) is 12.0. The molecule has 20 heteroatoms. The second-order valence-corrected chi connectivity index (χ2v) is 16.3. The Kier molecular flexibility index (Phi) is 12.8. The highest BCUT2D eigenvalue weighted by molar-refractivity contribution is 7.81. The van der Waals surface area contributed by atoms with Crippen molar-refractivity contribution < 1.29 is 41.5 Å². The number of amides is 4. The fourth-order valence-electron chi connectivity index (χ4n) is 8.19. The van der Waals surface area contributed by atoms with E-state index in [1.54, 1.807) is 41.3 Å². The third kappa shape index (κ3) is 9.27. The quantitative estimate of drug-likeness (QED) is 0.113. The number of thiocarbonyl (C=S) groups is 1. The molecule has 2 unspecified atom stereocenters. The summed E-state index contributed by atoms with van der Waals surface area (Å²) in [5, 5.41) is 17.8. The Morgan fingerprint density at radius 3 is 2.56 bits per heavy atom. The van der Waals surface area contributed by atoms with Gasteiger partial charge in [-0.2, -0.15) is 18.4 Å². The molecular formula is C41H42ClF4N9O5S. The molecule has 3 aliphatic heterocycles. The number of aryl methyl sites for hydroxylation is 1. The van der Waals surface area contributed by atoms with Crippen LogP contribution in [0, 0.1) is 11.3 Å². The first kappa shape index (κ1) is 43.7. The SMILES string of the molecule is CC1CN(CCOc2ccc(N3C(=S)N(c4cnc(C#N)c(C(F)(F)F)c4)C(=O)C34CCC4)cc2CCF)CCN1CC(=O)Nc1cc(Cl)cc(NC2CCC(=O)NC2=O)c1. The van der Waals surface area contributed by atoms with Gasteiger partial charge in [-0.15, -0.1) is 0 Å². The van der Waals surface area contributed by atoms with Crippen molar-refractivity contribution in [3.05, 3.63) is 70.5 Å². The molecule has 1 spiro atoms. The summed E-state index contributed by atoms with van der Waals surface area (Å²) in [6.07, 6.45) is -1.80. The summed E-state index contributed by atoms with van der Waals surface area (Å²) in [5.41, 5.74) is -1.43. The highest BCUT2D eigenvalue weighted by Gasteiger charge is 2.60. The molecule has 2 atom stereocenters. The fourth-order valence-corrected chi connectivity index (χ4v) is 8.89. The summed E-state index contributed by atoms with van der Waals surface area (Å²) in [7, 11) is 0. The smallest absolute Gasteiger partial charge is 0.419 e. The molecule has 4 aliphatic rings. The molecule has 4 amide bonds. The van der Waals surface area contributed by atoms with E-state index in [-0.39, 0.29) is 54.6 Å². The Morgan fingerprint density at radius 2 is 1.89 bits per heavy atom. The van der Waals surface area contributed by atoms with Crippen LogP contribution in [0.2, 0.25) is 5.02 Å². The second kappa shape index (κ2) is 17.9. The van der Waals surface area contributed by atoms with Crippen molar-refractivity contribution in [1.82, 2.24) is 20.1 Å². The lowest BCUT2D eigenvalue weighted by Gasteiger charge is -2.43. The van der Waals surface area contributed by atoms with E-state index in [0.717, 1.165) is 11.1 Å². The number of piperidine rings is 1. The molecule has 322 valence electrons. The summed E-state index contributed by atoms with van der Waals surface area (Å²) in [5.74, 6) is -1.03. The average Bonchev–Trinajstić information content (AvgIpc) is 3.43. The summed E-state index contributed by atoms with van der Waals surface area (Å²) in [6, 6.07) is 11.6. The number of hydrogen-bond donors (Lipinski definition) is 3. The van der Waals surface area contributed by atoms with E-state index in [9.17, 15) is 42.0 Å². The molecule has 3 N–H and O–H groups in total. The number of aromatic nitrogens is 1. The molecule has 61 heavy (non-hydrogen) atoms. The van der Waals surface area contributed by atoms with Gasteiger partial charge in [0.2, 0.25) is 17.7 Å². The van der Waals surface area contributed by atoms with Crippen LogP contribution in [0.15, 0.2) is 48.7 Å². The van der Waals surface area contributed by atoms with Crippen LogP contribution in [0.5, 0.6) is 5.75 Å². The number of carbonyl (C=O) groups is 4. The number of imide groups is 1. The maximum Gasteiger partial charge on any atom is 0.419 e. The zero-order valence-corrected chi connectivity index (χ0v) is 34.6. The van der Waals surface area contributed by atoms with Crippen LogP contribution in [-0.4, -0.2) is 107 Å². The first-order chi connectivity index (χ1) is 29.1. The van der Waals surface area contributed by atoms with Crippen LogP contribution >= 0.6 is 23.8 Å². The highest BCUT2D eigenvalue weighted by Crippen LogP contribution is 2.49. The number of carbonyl (C=O) groups excluding carboxylic acids is 4. The number of ether oxygens (including phenoxy) is 1. The van der Waals surface area contributed by atoms with Crippen molar-refractivity contribution in [3.63, 3.8) is 0 Å². The van der Waals surface area contributed by atoms with E-state index in [1.807, 2.05) is 6.92 Å². The monoisotopic (exact) mass is 883 g/mol. The Bertz CT molecular complexity index is 2290. The Morgan fingerprint density at radius 1 is 1.11 bits per heavy atom. The van der Waals surface area contributed by atoms with Gasteiger partial charge in [-0.3, -0.25) is 43.6 Å². The zero-order chi connectivity index (χ0) is 43.6. The number of pyridine rings is 1. The topological polar surface area (TPSA) is 163 Å². The van der Waals surface area contributed by atoms with Crippen LogP contribution in [0.3, 0.4) is 0 Å². The zero-order valence-electron chi connectivity index (χ0n) is 33.0. The first-order valence-electron chi connectivity index (χ1n) is 19.7. The number of nitrogens with one attached hydrogen (secondary N) is 3. The van der Waals surface area contributed by atoms with E-state index < -0.39 is 47.5 Å². The predicted octanol–water partition coefficient (Wildman–Crippen LogP) is 5.44. The molecule has 1 saturated carbocycles. The number of alkyl halides is 4. The van der Waals surface area contributed by atoms with Crippen LogP contribution in [0.25, 0.3) is 0 Å². The van der Waals surface area contributed by atoms with Gasteiger partial charge >= 0.3 is 6.18 Å². The van der Waals surface area contributed by atoms with Gasteiger partial charge in [0.15, 0.2) is 10.8 Å². The number of halogens is 5. The van der Waals surface area contributed by atoms with E-state index in [0.29, 0.717) is 91.3 Å². The van der Waals surface area contributed by atoms with Gasteiger partial charge in [0.1, 0.15) is 30.0 Å².